The molecule has 2 aromatic carbocycles. The van der Waals surface area contributed by atoms with Gasteiger partial charge in [0.15, 0.2) is 0 Å². The first-order chi connectivity index (χ1) is 14.9. The summed E-state index contributed by atoms with van der Waals surface area (Å²) in [7, 11) is -0.685. The lowest BCUT2D eigenvalue weighted by Gasteiger charge is -2.26. The van der Waals surface area contributed by atoms with Gasteiger partial charge in [0, 0.05) is 13.1 Å². The molecule has 31 heavy (non-hydrogen) atoms. The molecule has 8 nitrogen and oxygen atoms in total. The normalized spacial score (nSPS) is 14.7. The van der Waals surface area contributed by atoms with Crippen LogP contribution in [0.1, 0.15) is 36.5 Å². The molecule has 1 N–H and O–H groups in total. The number of nitrogens with one attached hydrogen (secondary N) is 1. The molecule has 0 spiro atoms. The van der Waals surface area contributed by atoms with E-state index < -0.39 is 15.9 Å². The molecule has 1 heterocycles. The summed E-state index contributed by atoms with van der Waals surface area (Å²) in [6, 6.07) is 9.40. The molecule has 0 bridgehead atoms. The number of amides is 1. The Bertz CT molecular complexity index is 1030. The first-order valence-corrected chi connectivity index (χ1v) is 11.6. The van der Waals surface area contributed by atoms with Gasteiger partial charge in [0.2, 0.25) is 10.0 Å². The first kappa shape index (κ1) is 22.9. The van der Waals surface area contributed by atoms with Crippen LogP contribution >= 0.6 is 0 Å². The predicted molar refractivity (Wildman–Crippen MR) is 118 cm³/mol. The monoisotopic (exact) mass is 448 g/mol. The van der Waals surface area contributed by atoms with Crippen molar-refractivity contribution in [3.05, 3.63) is 42.0 Å². The Hall–Kier alpha value is -2.78. The molecule has 0 saturated carbocycles. The van der Waals surface area contributed by atoms with Crippen LogP contribution in [-0.2, 0) is 10.0 Å². The van der Waals surface area contributed by atoms with Crippen LogP contribution in [0.15, 0.2) is 41.3 Å². The SMILES string of the molecule is CCOc1ccc(S(=O)(=O)N2CCCCC2)cc1NC(=O)c1cc(OC)ccc1OC. The zero-order valence-electron chi connectivity index (χ0n) is 18.0. The van der Waals surface area contributed by atoms with Crippen LogP contribution in [0, 0.1) is 0 Å². The van der Waals surface area contributed by atoms with Gasteiger partial charge in [-0.25, -0.2) is 8.42 Å². The van der Waals surface area contributed by atoms with Crippen LogP contribution in [0.4, 0.5) is 5.69 Å². The third kappa shape index (κ3) is 5.11. The van der Waals surface area contributed by atoms with E-state index in [1.807, 2.05) is 6.92 Å². The maximum absolute atomic E-state index is 13.1. The Balaban J connectivity index is 1.96. The van der Waals surface area contributed by atoms with Gasteiger partial charge in [-0.3, -0.25) is 4.79 Å². The lowest BCUT2D eigenvalue weighted by Crippen LogP contribution is -2.35. The standard InChI is InChI=1S/C22H28N2O6S/c1-4-30-21-11-9-17(31(26,27)24-12-6-5-7-13-24)15-19(21)23-22(25)18-14-16(28-2)8-10-20(18)29-3/h8-11,14-15H,4-7,12-13H2,1-3H3,(H,23,25). The van der Waals surface area contributed by atoms with Crippen molar-refractivity contribution in [2.75, 3.05) is 39.2 Å². The third-order valence-electron chi connectivity index (χ3n) is 5.10. The Morgan fingerprint density at radius 3 is 2.35 bits per heavy atom. The number of nitrogens with zero attached hydrogens (tertiary/aromatic N) is 1. The second-order valence-electron chi connectivity index (χ2n) is 7.08. The largest absolute Gasteiger partial charge is 0.497 e. The van der Waals surface area contributed by atoms with Crippen LogP contribution in [0.3, 0.4) is 0 Å². The Morgan fingerprint density at radius 1 is 1.00 bits per heavy atom. The number of piperidine rings is 1. The third-order valence-corrected chi connectivity index (χ3v) is 7.00. The molecule has 2 aromatic rings. The van der Waals surface area contributed by atoms with Gasteiger partial charge in [-0.15, -0.1) is 0 Å². The van der Waals surface area contributed by atoms with Gasteiger partial charge in [0.1, 0.15) is 17.2 Å². The highest BCUT2D eigenvalue weighted by atomic mass is 32.2. The summed E-state index contributed by atoms with van der Waals surface area (Å²) in [6.45, 7) is 3.18. The number of ether oxygens (including phenoxy) is 3. The van der Waals surface area contributed by atoms with Crippen molar-refractivity contribution in [2.24, 2.45) is 0 Å². The van der Waals surface area contributed by atoms with E-state index in [9.17, 15) is 13.2 Å². The molecule has 0 aliphatic carbocycles. The second-order valence-corrected chi connectivity index (χ2v) is 9.01. The number of rotatable bonds is 8. The average Bonchev–Trinajstić information content (AvgIpc) is 2.80. The fourth-order valence-corrected chi connectivity index (χ4v) is 5.03. The van der Waals surface area contributed by atoms with Crippen molar-refractivity contribution >= 4 is 21.6 Å². The Labute approximate surface area is 183 Å². The van der Waals surface area contributed by atoms with E-state index in [0.29, 0.717) is 36.9 Å². The second kappa shape index (κ2) is 10.0. The van der Waals surface area contributed by atoms with Gasteiger partial charge in [-0.05, 0) is 56.2 Å². The van der Waals surface area contributed by atoms with E-state index in [1.54, 1.807) is 24.3 Å². The first-order valence-electron chi connectivity index (χ1n) is 10.2. The molecule has 1 aliphatic heterocycles. The van der Waals surface area contributed by atoms with Gasteiger partial charge in [0.05, 0.1) is 37.0 Å². The summed E-state index contributed by atoms with van der Waals surface area (Å²) in [6.07, 6.45) is 2.71. The zero-order chi connectivity index (χ0) is 22.4. The smallest absolute Gasteiger partial charge is 0.259 e. The molecule has 0 atom stereocenters. The van der Waals surface area contributed by atoms with Crippen LogP contribution in [-0.4, -0.2) is 52.5 Å². The minimum absolute atomic E-state index is 0.116. The number of carbonyl (C=O) groups is 1. The van der Waals surface area contributed by atoms with Crippen molar-refractivity contribution in [3.8, 4) is 17.2 Å². The van der Waals surface area contributed by atoms with E-state index in [2.05, 4.69) is 5.32 Å². The molecule has 0 unspecified atom stereocenters. The summed E-state index contributed by atoms with van der Waals surface area (Å²) >= 11 is 0. The molecule has 1 aliphatic rings. The number of anilines is 1. The predicted octanol–water partition coefficient (Wildman–Crippen LogP) is 3.53. The number of hydrogen-bond acceptors (Lipinski definition) is 6. The van der Waals surface area contributed by atoms with Crippen LogP contribution < -0.4 is 19.5 Å². The maximum Gasteiger partial charge on any atom is 0.259 e. The highest BCUT2D eigenvalue weighted by Crippen LogP contribution is 2.32. The highest BCUT2D eigenvalue weighted by Gasteiger charge is 2.27. The number of sulfonamides is 1. The minimum Gasteiger partial charge on any atom is -0.497 e. The van der Waals surface area contributed by atoms with Gasteiger partial charge in [-0.2, -0.15) is 4.31 Å². The molecule has 0 aromatic heterocycles. The lowest BCUT2D eigenvalue weighted by molar-refractivity contribution is 0.102. The van der Waals surface area contributed by atoms with Gasteiger partial charge in [-0.1, -0.05) is 6.42 Å². The maximum atomic E-state index is 13.1. The lowest BCUT2D eigenvalue weighted by atomic mass is 10.1. The van der Waals surface area contributed by atoms with Crippen LogP contribution in [0.25, 0.3) is 0 Å². The fraction of sp³-hybridized carbons (Fsp3) is 0.409. The highest BCUT2D eigenvalue weighted by molar-refractivity contribution is 7.89. The van der Waals surface area contributed by atoms with Gasteiger partial charge in [0.25, 0.3) is 5.91 Å². The molecule has 1 saturated heterocycles. The van der Waals surface area contributed by atoms with Crippen LogP contribution in [0.5, 0.6) is 17.2 Å². The summed E-state index contributed by atoms with van der Waals surface area (Å²) in [5, 5.41) is 2.77. The number of carbonyl (C=O) groups excluding carboxylic acids is 1. The van der Waals surface area contributed by atoms with Crippen molar-refractivity contribution in [1.29, 1.82) is 0 Å². The van der Waals surface area contributed by atoms with Crippen LogP contribution in [0.2, 0.25) is 0 Å². The van der Waals surface area contributed by atoms with E-state index in [0.717, 1.165) is 19.3 Å². The van der Waals surface area contributed by atoms with Crippen molar-refractivity contribution in [1.82, 2.24) is 4.31 Å². The quantitative estimate of drug-likeness (QED) is 0.664. The Kier molecular flexibility index (Phi) is 7.40. The molecule has 3 rings (SSSR count). The van der Waals surface area contributed by atoms with Crippen molar-refractivity contribution in [2.45, 2.75) is 31.1 Å². The summed E-state index contributed by atoms with van der Waals surface area (Å²) in [5.74, 6) is 0.783. The fourth-order valence-electron chi connectivity index (χ4n) is 3.48. The number of benzene rings is 2. The van der Waals surface area contributed by atoms with E-state index in [1.165, 1.54) is 30.7 Å². The van der Waals surface area contributed by atoms with E-state index >= 15 is 0 Å². The van der Waals surface area contributed by atoms with Gasteiger partial charge >= 0.3 is 0 Å². The van der Waals surface area contributed by atoms with E-state index in [4.69, 9.17) is 14.2 Å². The average molecular weight is 449 g/mol. The van der Waals surface area contributed by atoms with Gasteiger partial charge < -0.3 is 19.5 Å². The molecule has 168 valence electrons. The molecule has 9 heteroatoms. The minimum atomic E-state index is -3.66. The summed E-state index contributed by atoms with van der Waals surface area (Å²) in [5.41, 5.74) is 0.531. The molecule has 1 fully saturated rings. The number of hydrogen-bond donors (Lipinski definition) is 1. The van der Waals surface area contributed by atoms with Crippen molar-refractivity contribution in [3.63, 3.8) is 0 Å². The molecule has 0 radical (unpaired) electrons. The zero-order valence-corrected chi connectivity index (χ0v) is 18.8. The molecular formula is C22H28N2O6S. The van der Waals surface area contributed by atoms with Crippen molar-refractivity contribution < 1.29 is 27.4 Å². The number of methoxy groups -OCH3 is 2. The summed E-state index contributed by atoms with van der Waals surface area (Å²) < 4.78 is 43.8. The van der Waals surface area contributed by atoms with E-state index in [-0.39, 0.29) is 16.1 Å². The molecule has 1 amide bonds. The summed E-state index contributed by atoms with van der Waals surface area (Å²) in [4.78, 5) is 13.1. The Morgan fingerprint density at radius 2 is 1.71 bits per heavy atom. The molecular weight excluding hydrogens is 420 g/mol. The topological polar surface area (TPSA) is 94.2 Å².